The molecule has 2 amide bonds. The quantitative estimate of drug-likeness (QED) is 0.141. The second-order valence-corrected chi connectivity index (χ2v) is 10.3. The number of thioether (sulfide) groups is 1. The fourth-order valence-electron chi connectivity index (χ4n) is 3.34. The molecule has 0 aromatic heterocycles. The third-order valence-corrected chi connectivity index (χ3v) is 7.16. The summed E-state index contributed by atoms with van der Waals surface area (Å²) in [6.45, 7) is 12.2. The first-order chi connectivity index (χ1) is 17.2. The fraction of sp³-hybridized carbons (Fsp3) is 0.760. The molecule has 0 bridgehead atoms. The van der Waals surface area contributed by atoms with Crippen LogP contribution in [0.5, 0.6) is 0 Å². The number of rotatable bonds is 15. The molecular formula is C25H48N6O3S2. The predicted molar refractivity (Wildman–Crippen MR) is 154 cm³/mol. The first-order valence-corrected chi connectivity index (χ1v) is 15.0. The van der Waals surface area contributed by atoms with Crippen molar-refractivity contribution < 1.29 is 14.7 Å². The summed E-state index contributed by atoms with van der Waals surface area (Å²) in [4.78, 5) is 27.4. The molecule has 0 radical (unpaired) electrons. The molecule has 0 spiro atoms. The van der Waals surface area contributed by atoms with E-state index in [-0.39, 0.29) is 23.2 Å². The smallest absolute Gasteiger partial charge is 0.246 e. The van der Waals surface area contributed by atoms with Gasteiger partial charge in [-0.25, -0.2) is 0 Å². The highest BCUT2D eigenvalue weighted by Gasteiger charge is 2.35. The Kier molecular flexibility index (Phi) is 19.8. The minimum atomic E-state index is -0.916. The molecule has 1 aliphatic heterocycles. The number of carbonyl (C=O) groups is 2. The summed E-state index contributed by atoms with van der Waals surface area (Å²) in [5.41, 5.74) is 0. The maximum Gasteiger partial charge on any atom is 0.246 e. The molecule has 0 aromatic rings. The lowest BCUT2D eigenvalue weighted by Crippen LogP contribution is -2.60. The number of amides is 2. The molecule has 4 N–H and O–H groups in total. The Labute approximate surface area is 226 Å². The van der Waals surface area contributed by atoms with Gasteiger partial charge in [0, 0.05) is 24.2 Å². The second kappa shape index (κ2) is 20.6. The van der Waals surface area contributed by atoms with Gasteiger partial charge in [0.15, 0.2) is 0 Å². The van der Waals surface area contributed by atoms with Crippen LogP contribution in [0.1, 0.15) is 60.8 Å². The van der Waals surface area contributed by atoms with Gasteiger partial charge in [-0.3, -0.25) is 14.9 Å². The van der Waals surface area contributed by atoms with Crippen molar-refractivity contribution in [2.45, 2.75) is 96.6 Å². The monoisotopic (exact) mass is 544 g/mol. The number of nitrogens with zero attached hydrogens (tertiary/aromatic N) is 3. The third-order valence-electron chi connectivity index (χ3n) is 5.54. The SMILES string of the molecule is C/C=C\C=C/CC.CCCN(C(=O)[C@H](CSC)NC(=O)[C@H](C)NC)[C@@H](CC)C(O)NC1SN=NC1C. The standard InChI is InChI=1S/C18H36N6O3S2.C7H12/c1-7-9-24(14(8-2)16(26)21-17-12(4)22-23-29-17)18(27)13(10-28-6)20-15(25)11(3)19-5;1-3-5-7-6-4-2/h11-14,16-17,19,21,26H,7-10H2,1-6H3,(H,20,25);3,5-7H,4H2,1-2H3/b;5-3-,7-6-/t11-,12?,13-,14-,16?,17?;/m0./s1. The molecule has 1 heterocycles. The van der Waals surface area contributed by atoms with Crippen molar-refractivity contribution in [3.8, 4) is 0 Å². The van der Waals surface area contributed by atoms with Crippen molar-refractivity contribution in [1.29, 1.82) is 0 Å². The Morgan fingerprint density at radius 2 is 1.94 bits per heavy atom. The van der Waals surface area contributed by atoms with Crippen molar-refractivity contribution in [1.82, 2.24) is 20.9 Å². The summed E-state index contributed by atoms with van der Waals surface area (Å²) in [6, 6.07) is -1.51. The maximum absolute atomic E-state index is 13.4. The van der Waals surface area contributed by atoms with Gasteiger partial charge in [-0.05, 0) is 53.3 Å². The highest BCUT2D eigenvalue weighted by Crippen LogP contribution is 2.25. The minimum Gasteiger partial charge on any atom is -0.376 e. The molecule has 1 rings (SSSR count). The number of carbonyl (C=O) groups excluding carboxylic acids is 2. The lowest BCUT2D eigenvalue weighted by atomic mass is 10.1. The van der Waals surface area contributed by atoms with Crippen LogP contribution in [-0.2, 0) is 9.59 Å². The summed E-state index contributed by atoms with van der Waals surface area (Å²) in [7, 11) is 1.70. The minimum absolute atomic E-state index is 0.0472. The van der Waals surface area contributed by atoms with Crippen molar-refractivity contribution in [3.63, 3.8) is 0 Å². The average Bonchev–Trinajstić information content (AvgIpc) is 3.27. The van der Waals surface area contributed by atoms with Crippen LogP contribution >= 0.6 is 23.7 Å². The van der Waals surface area contributed by atoms with Gasteiger partial charge < -0.3 is 20.6 Å². The van der Waals surface area contributed by atoms with Gasteiger partial charge in [-0.1, -0.05) is 45.1 Å². The number of aliphatic hydroxyl groups is 1. The van der Waals surface area contributed by atoms with E-state index in [4.69, 9.17) is 0 Å². The van der Waals surface area contributed by atoms with E-state index in [0.29, 0.717) is 18.7 Å². The highest BCUT2D eigenvalue weighted by atomic mass is 32.2. The Morgan fingerprint density at radius 3 is 2.42 bits per heavy atom. The fourth-order valence-corrected chi connectivity index (χ4v) is 4.63. The summed E-state index contributed by atoms with van der Waals surface area (Å²) >= 11 is 2.79. The molecule has 0 saturated carbocycles. The van der Waals surface area contributed by atoms with Gasteiger partial charge in [0.05, 0.1) is 18.1 Å². The number of hydrogen-bond acceptors (Lipinski definition) is 9. The summed E-state index contributed by atoms with van der Waals surface area (Å²) < 4.78 is 3.94. The van der Waals surface area contributed by atoms with E-state index >= 15 is 0 Å². The van der Waals surface area contributed by atoms with Gasteiger partial charge in [0.2, 0.25) is 11.8 Å². The van der Waals surface area contributed by atoms with Crippen LogP contribution in [0.2, 0.25) is 0 Å². The van der Waals surface area contributed by atoms with Crippen LogP contribution in [0.3, 0.4) is 0 Å². The molecule has 0 saturated heterocycles. The van der Waals surface area contributed by atoms with Gasteiger partial charge in [0.25, 0.3) is 0 Å². The number of aliphatic hydroxyl groups excluding tert-OH is 1. The molecule has 6 atom stereocenters. The zero-order chi connectivity index (χ0) is 27.5. The second-order valence-electron chi connectivity index (χ2n) is 8.47. The van der Waals surface area contributed by atoms with E-state index in [1.807, 2.05) is 46.1 Å². The van der Waals surface area contributed by atoms with Crippen molar-refractivity contribution >= 4 is 35.5 Å². The number of likely N-dealkylation sites (N-methyl/N-ethyl adjacent to an activating group) is 1. The van der Waals surface area contributed by atoms with Gasteiger partial charge in [-0.2, -0.15) is 16.9 Å². The maximum atomic E-state index is 13.4. The molecule has 0 fully saturated rings. The Balaban J connectivity index is 0.00000152. The van der Waals surface area contributed by atoms with Crippen LogP contribution in [0, 0.1) is 0 Å². The normalized spacial score (nSPS) is 20.6. The molecule has 1 aliphatic rings. The average molecular weight is 545 g/mol. The predicted octanol–water partition coefficient (Wildman–Crippen LogP) is 3.72. The molecule has 3 unspecified atom stereocenters. The molecule has 36 heavy (non-hydrogen) atoms. The lowest BCUT2D eigenvalue weighted by molar-refractivity contribution is -0.141. The van der Waals surface area contributed by atoms with Gasteiger partial charge >= 0.3 is 0 Å². The van der Waals surface area contributed by atoms with Crippen molar-refractivity contribution in [2.75, 3.05) is 25.6 Å². The first-order valence-electron chi connectivity index (χ1n) is 12.8. The summed E-state index contributed by atoms with van der Waals surface area (Å²) in [5, 5.41) is 23.7. The zero-order valence-electron chi connectivity index (χ0n) is 23.2. The largest absolute Gasteiger partial charge is 0.376 e. The Bertz CT molecular complexity index is 707. The van der Waals surface area contributed by atoms with Crippen LogP contribution in [-0.4, -0.2) is 83.2 Å². The highest BCUT2D eigenvalue weighted by molar-refractivity contribution is 7.98. The van der Waals surface area contributed by atoms with E-state index in [0.717, 1.165) is 12.8 Å². The summed E-state index contributed by atoms with van der Waals surface area (Å²) in [5.74, 6) is 0.0728. The van der Waals surface area contributed by atoms with Gasteiger partial charge in [0.1, 0.15) is 17.6 Å². The molecular weight excluding hydrogens is 496 g/mol. The summed E-state index contributed by atoms with van der Waals surface area (Å²) in [6.07, 6.45) is 11.7. The molecule has 0 aromatic carbocycles. The molecule has 208 valence electrons. The van der Waals surface area contributed by atoms with Gasteiger partial charge in [-0.15, -0.1) is 4.52 Å². The molecule has 0 aliphatic carbocycles. The topological polar surface area (TPSA) is 118 Å². The van der Waals surface area contributed by atoms with Crippen molar-refractivity contribution in [3.05, 3.63) is 24.3 Å². The van der Waals surface area contributed by atoms with E-state index in [1.165, 1.54) is 23.7 Å². The lowest BCUT2D eigenvalue weighted by Gasteiger charge is -2.37. The van der Waals surface area contributed by atoms with Crippen LogP contribution < -0.4 is 16.0 Å². The van der Waals surface area contributed by atoms with E-state index < -0.39 is 24.4 Å². The van der Waals surface area contributed by atoms with Crippen LogP contribution in [0.15, 0.2) is 33.9 Å². The zero-order valence-corrected chi connectivity index (χ0v) is 24.9. The molecule has 9 nitrogen and oxygen atoms in total. The van der Waals surface area contributed by atoms with E-state index in [2.05, 4.69) is 44.7 Å². The number of nitrogens with one attached hydrogen (secondary N) is 3. The third kappa shape index (κ3) is 12.7. The first kappa shape index (κ1) is 34.6. The number of hydrogen-bond donors (Lipinski definition) is 4. The van der Waals surface area contributed by atoms with Crippen LogP contribution in [0.25, 0.3) is 0 Å². The van der Waals surface area contributed by atoms with Crippen molar-refractivity contribution in [2.24, 2.45) is 9.63 Å². The van der Waals surface area contributed by atoms with Crippen LogP contribution in [0.4, 0.5) is 0 Å². The molecule has 11 heteroatoms. The Hall–Kier alpha value is -1.40. The Morgan fingerprint density at radius 1 is 1.25 bits per heavy atom. The number of allylic oxidation sites excluding steroid dienone is 4. The van der Waals surface area contributed by atoms with E-state index in [1.54, 1.807) is 18.9 Å². The van der Waals surface area contributed by atoms with E-state index in [9.17, 15) is 14.7 Å².